The van der Waals surface area contributed by atoms with E-state index < -0.39 is 11.7 Å². The molecule has 10 heteroatoms. The SMILES string of the molecule is CC(=NOCC(=O)N1CCC(c2nccn2Cc2ccccc2C(F)(F)F)CC1)c1cccs1. The second-order valence-electron chi connectivity index (χ2n) is 8.15. The number of oxime groups is 1. The Kier molecular flexibility index (Phi) is 7.35. The fraction of sp³-hybridized carbons (Fsp3) is 0.375. The van der Waals surface area contributed by atoms with Gasteiger partial charge >= 0.3 is 6.18 Å². The van der Waals surface area contributed by atoms with Gasteiger partial charge < -0.3 is 14.3 Å². The molecule has 0 N–H and O–H groups in total. The number of halogens is 3. The van der Waals surface area contributed by atoms with Crippen LogP contribution in [-0.2, 0) is 22.4 Å². The van der Waals surface area contributed by atoms with E-state index in [-0.39, 0.29) is 30.5 Å². The number of likely N-dealkylation sites (tertiary alicyclic amines) is 1. The lowest BCUT2D eigenvalue weighted by Crippen LogP contribution is -2.40. The summed E-state index contributed by atoms with van der Waals surface area (Å²) in [5, 5.41) is 5.97. The third-order valence-electron chi connectivity index (χ3n) is 5.89. The van der Waals surface area contributed by atoms with Crippen LogP contribution >= 0.6 is 11.3 Å². The van der Waals surface area contributed by atoms with Crippen molar-refractivity contribution in [2.75, 3.05) is 19.7 Å². The first-order chi connectivity index (χ1) is 16.3. The second-order valence-corrected chi connectivity index (χ2v) is 9.10. The summed E-state index contributed by atoms with van der Waals surface area (Å²) < 4.78 is 41.9. The van der Waals surface area contributed by atoms with Crippen LogP contribution in [0.4, 0.5) is 13.2 Å². The average molecular weight is 491 g/mol. The predicted octanol–water partition coefficient (Wildman–Crippen LogP) is 5.16. The molecule has 0 saturated carbocycles. The molecule has 6 nitrogen and oxygen atoms in total. The molecule has 1 aliphatic heterocycles. The summed E-state index contributed by atoms with van der Waals surface area (Å²) in [5.41, 5.74) is 0.296. The molecule has 1 aromatic carbocycles. The Labute approximate surface area is 199 Å². The van der Waals surface area contributed by atoms with Crippen molar-refractivity contribution < 1.29 is 22.8 Å². The monoisotopic (exact) mass is 490 g/mol. The third kappa shape index (κ3) is 5.67. The van der Waals surface area contributed by atoms with E-state index in [1.54, 1.807) is 39.3 Å². The van der Waals surface area contributed by atoms with Crippen molar-refractivity contribution in [1.29, 1.82) is 0 Å². The van der Waals surface area contributed by atoms with Gasteiger partial charge in [-0.3, -0.25) is 4.79 Å². The highest BCUT2D eigenvalue weighted by Gasteiger charge is 2.33. The minimum atomic E-state index is -4.41. The van der Waals surface area contributed by atoms with Gasteiger partial charge in [0.2, 0.25) is 0 Å². The van der Waals surface area contributed by atoms with Crippen LogP contribution in [0.1, 0.15) is 47.5 Å². The van der Waals surface area contributed by atoms with Crippen LogP contribution in [0.15, 0.2) is 59.3 Å². The molecule has 1 fully saturated rings. The lowest BCUT2D eigenvalue weighted by molar-refractivity contribution is -0.138. The number of carbonyl (C=O) groups excluding carboxylic acids is 1. The number of benzene rings is 1. The molecule has 0 atom stereocenters. The molecule has 0 spiro atoms. The highest BCUT2D eigenvalue weighted by molar-refractivity contribution is 7.12. The van der Waals surface area contributed by atoms with Crippen molar-refractivity contribution in [2.24, 2.45) is 5.16 Å². The molecular formula is C24H25F3N4O2S. The van der Waals surface area contributed by atoms with Gasteiger partial charge in [-0.05, 0) is 42.8 Å². The maximum Gasteiger partial charge on any atom is 0.416 e. The van der Waals surface area contributed by atoms with Gasteiger partial charge in [-0.2, -0.15) is 13.2 Å². The van der Waals surface area contributed by atoms with Gasteiger partial charge in [-0.25, -0.2) is 4.98 Å². The van der Waals surface area contributed by atoms with Gasteiger partial charge in [0.05, 0.1) is 16.2 Å². The lowest BCUT2D eigenvalue weighted by atomic mass is 9.95. The van der Waals surface area contributed by atoms with Gasteiger partial charge in [-0.15, -0.1) is 11.3 Å². The average Bonchev–Trinajstić information content (AvgIpc) is 3.51. The van der Waals surface area contributed by atoms with E-state index in [2.05, 4.69) is 10.1 Å². The maximum absolute atomic E-state index is 13.4. The molecule has 1 saturated heterocycles. The zero-order chi connectivity index (χ0) is 24.1. The lowest BCUT2D eigenvalue weighted by Gasteiger charge is -2.31. The van der Waals surface area contributed by atoms with Gasteiger partial charge in [0.25, 0.3) is 5.91 Å². The first-order valence-electron chi connectivity index (χ1n) is 11.0. The fourth-order valence-corrected chi connectivity index (χ4v) is 4.79. The Morgan fingerprint density at radius 2 is 1.97 bits per heavy atom. The van der Waals surface area contributed by atoms with Crippen molar-refractivity contribution in [1.82, 2.24) is 14.5 Å². The van der Waals surface area contributed by atoms with Crippen LogP contribution in [0.5, 0.6) is 0 Å². The molecule has 3 heterocycles. The molecule has 0 radical (unpaired) electrons. The second kappa shape index (κ2) is 10.4. The normalized spacial score (nSPS) is 15.5. The summed E-state index contributed by atoms with van der Waals surface area (Å²) in [6.07, 6.45) is 0.284. The minimum absolute atomic E-state index is 0.0668. The highest BCUT2D eigenvalue weighted by Crippen LogP contribution is 2.33. The maximum atomic E-state index is 13.4. The van der Waals surface area contributed by atoms with E-state index in [0.717, 1.165) is 22.5 Å². The Hall–Kier alpha value is -3.14. The summed E-state index contributed by atoms with van der Waals surface area (Å²) in [6, 6.07) is 9.46. The van der Waals surface area contributed by atoms with Crippen molar-refractivity contribution >= 4 is 23.0 Å². The Morgan fingerprint density at radius 1 is 1.21 bits per heavy atom. The molecular weight excluding hydrogens is 465 g/mol. The van der Waals surface area contributed by atoms with Gasteiger partial charge in [-0.1, -0.05) is 29.4 Å². The van der Waals surface area contributed by atoms with Crippen molar-refractivity contribution in [3.63, 3.8) is 0 Å². The number of imidazole rings is 1. The molecule has 3 aromatic rings. The van der Waals surface area contributed by atoms with Gasteiger partial charge in [0.1, 0.15) is 5.82 Å². The topological polar surface area (TPSA) is 59.7 Å². The van der Waals surface area contributed by atoms with Crippen LogP contribution in [0, 0.1) is 0 Å². The number of carbonyl (C=O) groups is 1. The summed E-state index contributed by atoms with van der Waals surface area (Å²) in [4.78, 5) is 24.9. The molecule has 180 valence electrons. The van der Waals surface area contributed by atoms with Crippen molar-refractivity contribution in [3.8, 4) is 0 Å². The Balaban J connectivity index is 1.33. The van der Waals surface area contributed by atoms with Crippen LogP contribution in [0.25, 0.3) is 0 Å². The van der Waals surface area contributed by atoms with E-state index in [1.165, 1.54) is 12.1 Å². The standard InChI is InChI=1S/C24H25F3N4O2S/c1-17(21-7-4-14-34-21)29-33-16-22(32)30-11-8-18(9-12-30)23-28-10-13-31(23)15-19-5-2-3-6-20(19)24(25,26)27/h2-7,10,13-14,18H,8-9,11-12,15-16H2,1H3. The molecule has 0 unspecified atom stereocenters. The number of amides is 1. The fourth-order valence-electron chi connectivity index (χ4n) is 4.12. The zero-order valence-corrected chi connectivity index (χ0v) is 19.5. The third-order valence-corrected chi connectivity index (χ3v) is 6.87. The van der Waals surface area contributed by atoms with Crippen molar-refractivity contribution in [2.45, 2.75) is 38.4 Å². The quantitative estimate of drug-likeness (QED) is 0.340. The number of hydrogen-bond donors (Lipinski definition) is 0. The van der Waals surface area contributed by atoms with E-state index in [9.17, 15) is 18.0 Å². The molecule has 2 aromatic heterocycles. The molecule has 0 bridgehead atoms. The van der Waals surface area contributed by atoms with Crippen LogP contribution in [-0.4, -0.2) is 45.8 Å². The summed E-state index contributed by atoms with van der Waals surface area (Å²) in [6.45, 7) is 2.87. The number of alkyl halides is 3. The number of nitrogens with zero attached hydrogens (tertiary/aromatic N) is 4. The van der Waals surface area contributed by atoms with Gasteiger partial charge in [0.15, 0.2) is 6.61 Å². The molecule has 1 amide bonds. The molecule has 34 heavy (non-hydrogen) atoms. The number of aromatic nitrogens is 2. The van der Waals surface area contributed by atoms with E-state index in [1.807, 2.05) is 24.4 Å². The minimum Gasteiger partial charge on any atom is -0.385 e. The van der Waals surface area contributed by atoms with E-state index >= 15 is 0 Å². The van der Waals surface area contributed by atoms with E-state index in [4.69, 9.17) is 4.84 Å². The summed E-state index contributed by atoms with van der Waals surface area (Å²) in [5.74, 6) is 0.678. The van der Waals surface area contributed by atoms with E-state index in [0.29, 0.717) is 25.9 Å². The zero-order valence-electron chi connectivity index (χ0n) is 18.7. The van der Waals surface area contributed by atoms with Crippen LogP contribution in [0.3, 0.4) is 0 Å². The van der Waals surface area contributed by atoms with Crippen LogP contribution < -0.4 is 0 Å². The summed E-state index contributed by atoms with van der Waals surface area (Å²) in [7, 11) is 0. The van der Waals surface area contributed by atoms with Crippen molar-refractivity contribution in [3.05, 3.63) is 76.0 Å². The number of hydrogen-bond acceptors (Lipinski definition) is 5. The molecule has 4 rings (SSSR count). The summed E-state index contributed by atoms with van der Waals surface area (Å²) >= 11 is 1.55. The highest BCUT2D eigenvalue weighted by atomic mass is 32.1. The molecule has 1 aliphatic rings. The molecule has 0 aliphatic carbocycles. The van der Waals surface area contributed by atoms with Crippen LogP contribution in [0.2, 0.25) is 0 Å². The number of rotatable bonds is 7. The predicted molar refractivity (Wildman–Crippen MR) is 124 cm³/mol. The first-order valence-corrected chi connectivity index (χ1v) is 11.8. The van der Waals surface area contributed by atoms with Gasteiger partial charge in [0, 0.05) is 37.9 Å². The smallest absolute Gasteiger partial charge is 0.385 e. The Morgan fingerprint density at radius 3 is 2.68 bits per heavy atom. The number of thiophene rings is 1. The first kappa shape index (κ1) is 24.0. The largest absolute Gasteiger partial charge is 0.416 e. The number of piperidine rings is 1. The Bertz CT molecular complexity index is 1130.